The van der Waals surface area contributed by atoms with Crippen molar-refractivity contribution in [1.82, 2.24) is 0 Å². The topological polar surface area (TPSA) is 9.23 Å². The number of benzene rings is 4. The van der Waals surface area contributed by atoms with Crippen molar-refractivity contribution < 1.29 is 4.43 Å². The number of hydrogen-bond acceptors (Lipinski definition) is 1. The average Bonchev–Trinajstić information content (AvgIpc) is 3.71. The molecule has 6 rings (SSSR count). The van der Waals surface area contributed by atoms with Crippen molar-refractivity contribution >= 4 is 30.0 Å². The zero-order valence-corrected chi connectivity index (χ0v) is 23.7. The molecule has 0 amide bonds. The van der Waals surface area contributed by atoms with Gasteiger partial charge in [-0.2, -0.15) is 0 Å². The van der Waals surface area contributed by atoms with E-state index in [1.54, 1.807) is 0 Å². The molecular weight excluding hydrogens is 488 g/mol. The smallest absolute Gasteiger partial charge is 0.288 e. The van der Waals surface area contributed by atoms with Crippen LogP contribution in [0, 0.1) is 5.41 Å². The molecule has 0 fully saturated rings. The minimum absolute atomic E-state index is 0.0107. The Morgan fingerprint density at radius 2 is 1.31 bits per heavy atom. The highest BCUT2D eigenvalue weighted by Gasteiger charge is 2.45. The molecule has 1 nitrogen and oxygen atoms in total. The van der Waals surface area contributed by atoms with Gasteiger partial charge in [0, 0.05) is 17.9 Å². The second-order valence-electron chi connectivity index (χ2n) is 10.7. The van der Waals surface area contributed by atoms with Crippen molar-refractivity contribution in [3.8, 4) is 0 Å². The highest BCUT2D eigenvalue weighted by Crippen LogP contribution is 2.53. The molecule has 0 aliphatic heterocycles. The third kappa shape index (κ3) is 4.58. The second kappa shape index (κ2) is 11.2. The Kier molecular flexibility index (Phi) is 7.32. The third-order valence-electron chi connectivity index (χ3n) is 8.84. The summed E-state index contributed by atoms with van der Waals surface area (Å²) in [4.78, 5) is 0. The van der Waals surface area contributed by atoms with Gasteiger partial charge in [0.25, 0.3) is 8.32 Å². The fourth-order valence-electron chi connectivity index (χ4n) is 6.84. The van der Waals surface area contributed by atoms with Gasteiger partial charge in [0.1, 0.15) is 0 Å². The second-order valence-corrected chi connectivity index (χ2v) is 14.1. The maximum Gasteiger partial charge on any atom is 0.288 e. The molecule has 194 valence electrons. The van der Waals surface area contributed by atoms with Gasteiger partial charge < -0.3 is 4.43 Å². The summed E-state index contributed by atoms with van der Waals surface area (Å²) < 4.78 is 7.42. The van der Waals surface area contributed by atoms with Gasteiger partial charge in [-0.3, -0.25) is 0 Å². The Labute approximate surface area is 234 Å². The molecular formula is C37H36OSi. The molecule has 0 aromatic heterocycles. The van der Waals surface area contributed by atoms with Gasteiger partial charge >= 0.3 is 0 Å². The van der Waals surface area contributed by atoms with Crippen LogP contribution in [0.1, 0.15) is 43.2 Å². The zero-order valence-electron chi connectivity index (χ0n) is 22.7. The molecule has 4 aromatic carbocycles. The molecule has 2 unspecified atom stereocenters. The predicted octanol–water partition coefficient (Wildman–Crippen LogP) is 7.15. The van der Waals surface area contributed by atoms with E-state index in [4.69, 9.17) is 4.43 Å². The van der Waals surface area contributed by atoms with Crippen LogP contribution in [-0.4, -0.2) is 14.9 Å². The van der Waals surface area contributed by atoms with Crippen LogP contribution in [0.4, 0.5) is 0 Å². The number of fused-ring (bicyclic) bond motifs is 1. The molecule has 0 radical (unpaired) electrons. The number of hydrogen-bond donors (Lipinski definition) is 0. The van der Waals surface area contributed by atoms with Crippen LogP contribution >= 0.6 is 0 Å². The van der Waals surface area contributed by atoms with E-state index < -0.39 is 8.32 Å². The summed E-state index contributed by atoms with van der Waals surface area (Å²) in [6.45, 7) is 3.06. The Morgan fingerprint density at radius 1 is 0.744 bits per heavy atom. The molecule has 2 aliphatic rings. The first-order valence-electron chi connectivity index (χ1n) is 14.2. The Morgan fingerprint density at radius 3 is 1.85 bits per heavy atom. The molecule has 0 bridgehead atoms. The van der Waals surface area contributed by atoms with Crippen LogP contribution in [0.15, 0.2) is 145 Å². The van der Waals surface area contributed by atoms with E-state index >= 15 is 0 Å². The van der Waals surface area contributed by atoms with Crippen molar-refractivity contribution in [2.75, 3.05) is 6.61 Å². The molecule has 4 aromatic rings. The van der Waals surface area contributed by atoms with Gasteiger partial charge in [0.15, 0.2) is 0 Å². The highest BCUT2D eigenvalue weighted by molar-refractivity contribution is 7.07. The van der Waals surface area contributed by atoms with Crippen LogP contribution in [0.5, 0.6) is 0 Å². The van der Waals surface area contributed by atoms with Crippen LogP contribution < -0.4 is 15.6 Å². The summed E-state index contributed by atoms with van der Waals surface area (Å²) >= 11 is 0. The van der Waals surface area contributed by atoms with E-state index in [0.29, 0.717) is 12.5 Å². The van der Waals surface area contributed by atoms with Crippen molar-refractivity contribution in [1.29, 1.82) is 0 Å². The summed E-state index contributed by atoms with van der Waals surface area (Å²) in [6, 6.07) is 41.7. The Balaban J connectivity index is 1.42. The van der Waals surface area contributed by atoms with Gasteiger partial charge in [-0.25, -0.2) is 0 Å². The maximum absolute atomic E-state index is 7.42. The van der Waals surface area contributed by atoms with Gasteiger partial charge in [0.2, 0.25) is 0 Å². The van der Waals surface area contributed by atoms with E-state index in [0.717, 1.165) is 19.3 Å². The summed E-state index contributed by atoms with van der Waals surface area (Å²) in [5.74, 6) is 0.356. The quantitative estimate of drug-likeness (QED) is 0.158. The third-order valence-corrected chi connectivity index (χ3v) is 12.9. The molecule has 2 heteroatoms. The van der Waals surface area contributed by atoms with Gasteiger partial charge in [-0.05, 0) is 45.9 Å². The van der Waals surface area contributed by atoms with E-state index in [9.17, 15) is 0 Å². The van der Waals surface area contributed by atoms with E-state index in [1.807, 2.05) is 0 Å². The van der Waals surface area contributed by atoms with Gasteiger partial charge in [0.05, 0.1) is 0 Å². The van der Waals surface area contributed by atoms with Crippen LogP contribution in [0.2, 0.25) is 0 Å². The van der Waals surface area contributed by atoms with Crippen LogP contribution in [0.25, 0.3) is 6.08 Å². The lowest BCUT2D eigenvalue weighted by Gasteiger charge is -2.42. The summed E-state index contributed by atoms with van der Waals surface area (Å²) in [6.07, 6.45) is 14.8. The van der Waals surface area contributed by atoms with E-state index in [1.165, 1.54) is 32.3 Å². The largest absolute Gasteiger partial charge is 0.404 e. The van der Waals surface area contributed by atoms with E-state index in [2.05, 4.69) is 153 Å². The fraction of sp³-hybridized carbons (Fsp3) is 0.189. The van der Waals surface area contributed by atoms with Crippen molar-refractivity contribution in [3.05, 3.63) is 156 Å². The first-order valence-corrected chi connectivity index (χ1v) is 16.1. The predicted molar refractivity (Wildman–Crippen MR) is 167 cm³/mol. The van der Waals surface area contributed by atoms with Crippen molar-refractivity contribution in [2.24, 2.45) is 5.41 Å². The standard InChI is InChI=1S/C37H36OSi/c1-2-37(31-17-13-14-18-31,36-27-26-30-16-12-15-25-35(30)36)28-29-38-39(32-19-6-3-7-20-32,33-21-8-4-9-22-33)34-23-10-5-11-24-34/h3-17,19-27,36H,2,18,28-29H2,1H3. The number of allylic oxidation sites excluding steroid dienone is 5. The van der Waals surface area contributed by atoms with Crippen LogP contribution in [0.3, 0.4) is 0 Å². The summed E-state index contributed by atoms with van der Waals surface area (Å²) in [7, 11) is -2.74. The molecule has 39 heavy (non-hydrogen) atoms. The minimum atomic E-state index is -2.74. The molecule has 2 aliphatic carbocycles. The average molecular weight is 525 g/mol. The molecule has 2 atom stereocenters. The monoisotopic (exact) mass is 524 g/mol. The lowest BCUT2D eigenvalue weighted by atomic mass is 9.64. The molecule has 0 saturated heterocycles. The summed E-state index contributed by atoms with van der Waals surface area (Å²) in [5.41, 5.74) is 4.35. The molecule has 0 spiro atoms. The molecule has 0 N–H and O–H groups in total. The van der Waals surface area contributed by atoms with Gasteiger partial charge in [-0.1, -0.05) is 158 Å². The highest BCUT2D eigenvalue weighted by atomic mass is 28.4. The van der Waals surface area contributed by atoms with Crippen molar-refractivity contribution in [3.63, 3.8) is 0 Å². The zero-order chi connectivity index (χ0) is 26.5. The first-order chi connectivity index (χ1) is 19.3. The Hall–Kier alpha value is -3.72. The van der Waals surface area contributed by atoms with Crippen molar-refractivity contribution in [2.45, 2.75) is 32.1 Å². The van der Waals surface area contributed by atoms with E-state index in [-0.39, 0.29) is 5.41 Å². The molecule has 0 heterocycles. The SMILES string of the molecule is CCC(CCO[Si](c1ccccc1)(c1ccccc1)c1ccccc1)(C1=CC=CC1)C1C=Cc2ccccc21. The van der Waals surface area contributed by atoms with Crippen LogP contribution in [-0.2, 0) is 4.43 Å². The molecule has 0 saturated carbocycles. The fourth-order valence-corrected chi connectivity index (χ4v) is 10.7. The normalized spacial score (nSPS) is 17.6. The minimum Gasteiger partial charge on any atom is -0.404 e. The number of rotatable bonds is 10. The van der Waals surface area contributed by atoms with Gasteiger partial charge in [-0.15, -0.1) is 0 Å². The first kappa shape index (κ1) is 25.5. The maximum atomic E-state index is 7.42. The lowest BCUT2D eigenvalue weighted by molar-refractivity contribution is 0.203. The lowest BCUT2D eigenvalue weighted by Crippen LogP contribution is -2.69. The summed E-state index contributed by atoms with van der Waals surface area (Å²) in [5, 5.41) is 3.87. The Bertz CT molecular complexity index is 1390.